The zero-order chi connectivity index (χ0) is 17.1. The van der Waals surface area contributed by atoms with E-state index in [1.165, 1.54) is 23.4 Å². The number of carbonyl (C=O) groups is 1. The molecule has 0 aliphatic carbocycles. The number of rotatable bonds is 4. The number of aromatic nitrogens is 2. The Bertz CT molecular complexity index is 704. The molecule has 2 rings (SSSR count). The molecule has 0 aliphatic rings. The van der Waals surface area contributed by atoms with Crippen LogP contribution in [0.5, 0.6) is 0 Å². The molecule has 2 aromatic rings. The number of thioether (sulfide) groups is 1. The van der Waals surface area contributed by atoms with Gasteiger partial charge in [0.1, 0.15) is 11.6 Å². The van der Waals surface area contributed by atoms with E-state index in [4.69, 9.17) is 11.5 Å². The second kappa shape index (κ2) is 6.87. The molecular formula is C16H21N5OS. The van der Waals surface area contributed by atoms with E-state index < -0.39 is 0 Å². The molecule has 0 saturated carbocycles. The SMILES string of the molecule is Cc1cc(C)c(NC(=O)[C@@H](C)Sc2nc(N)cc(N)n2)c(C)c1. The largest absolute Gasteiger partial charge is 0.383 e. The molecule has 1 atom stereocenters. The van der Waals surface area contributed by atoms with Gasteiger partial charge in [-0.05, 0) is 38.8 Å². The first-order chi connectivity index (χ1) is 10.8. The molecule has 0 saturated heterocycles. The number of amides is 1. The van der Waals surface area contributed by atoms with Gasteiger partial charge in [0.2, 0.25) is 5.91 Å². The van der Waals surface area contributed by atoms with E-state index >= 15 is 0 Å². The van der Waals surface area contributed by atoms with E-state index in [1.807, 2.05) is 32.9 Å². The topological polar surface area (TPSA) is 107 Å². The van der Waals surface area contributed by atoms with Crippen LogP contribution in [0.3, 0.4) is 0 Å². The monoisotopic (exact) mass is 331 g/mol. The Hall–Kier alpha value is -2.28. The molecule has 6 nitrogen and oxygen atoms in total. The smallest absolute Gasteiger partial charge is 0.237 e. The number of hydrogen-bond donors (Lipinski definition) is 3. The highest BCUT2D eigenvalue weighted by Crippen LogP contribution is 2.25. The third-order valence-corrected chi connectivity index (χ3v) is 4.28. The number of aryl methyl sites for hydroxylation is 3. The lowest BCUT2D eigenvalue weighted by Gasteiger charge is -2.16. The molecule has 0 spiro atoms. The second-order valence-corrected chi connectivity index (χ2v) is 6.83. The average Bonchev–Trinajstić information content (AvgIpc) is 2.41. The fourth-order valence-electron chi connectivity index (χ4n) is 2.33. The molecular weight excluding hydrogens is 310 g/mol. The van der Waals surface area contributed by atoms with Crippen LogP contribution in [-0.4, -0.2) is 21.1 Å². The Balaban J connectivity index is 2.11. The van der Waals surface area contributed by atoms with Gasteiger partial charge in [0.05, 0.1) is 5.25 Å². The van der Waals surface area contributed by atoms with Crippen molar-refractivity contribution in [2.75, 3.05) is 16.8 Å². The summed E-state index contributed by atoms with van der Waals surface area (Å²) in [6, 6.07) is 5.57. The van der Waals surface area contributed by atoms with Crippen molar-refractivity contribution in [3.63, 3.8) is 0 Å². The molecule has 0 unspecified atom stereocenters. The first kappa shape index (κ1) is 17.1. The van der Waals surface area contributed by atoms with Crippen molar-refractivity contribution in [2.45, 2.75) is 38.1 Å². The van der Waals surface area contributed by atoms with Crippen LogP contribution in [0.15, 0.2) is 23.4 Å². The number of hydrogen-bond acceptors (Lipinski definition) is 6. The van der Waals surface area contributed by atoms with E-state index in [0.717, 1.165) is 16.8 Å². The predicted molar refractivity (Wildman–Crippen MR) is 95.5 cm³/mol. The summed E-state index contributed by atoms with van der Waals surface area (Å²) >= 11 is 1.22. The van der Waals surface area contributed by atoms with E-state index in [0.29, 0.717) is 5.16 Å². The van der Waals surface area contributed by atoms with Crippen molar-refractivity contribution in [2.24, 2.45) is 0 Å². The maximum Gasteiger partial charge on any atom is 0.237 e. The molecule has 1 amide bonds. The predicted octanol–water partition coefficient (Wildman–Crippen LogP) is 2.69. The van der Waals surface area contributed by atoms with Crippen LogP contribution >= 0.6 is 11.8 Å². The van der Waals surface area contributed by atoms with Crippen molar-refractivity contribution >= 4 is 35.0 Å². The van der Waals surface area contributed by atoms with E-state index in [1.54, 1.807) is 6.92 Å². The normalized spacial score (nSPS) is 12.0. The summed E-state index contributed by atoms with van der Waals surface area (Å²) in [6.45, 7) is 7.79. The number of nitrogens with two attached hydrogens (primary N) is 2. The van der Waals surface area contributed by atoms with Crippen LogP contribution in [-0.2, 0) is 4.79 Å². The Morgan fingerprint density at radius 2 is 1.61 bits per heavy atom. The summed E-state index contributed by atoms with van der Waals surface area (Å²) in [5.74, 6) is 0.463. The number of carbonyl (C=O) groups excluding carboxylic acids is 1. The lowest BCUT2D eigenvalue weighted by atomic mass is 10.1. The summed E-state index contributed by atoms with van der Waals surface area (Å²) < 4.78 is 0. The molecule has 0 radical (unpaired) electrons. The highest BCUT2D eigenvalue weighted by atomic mass is 32.2. The minimum atomic E-state index is -0.378. The van der Waals surface area contributed by atoms with Crippen molar-refractivity contribution in [1.82, 2.24) is 9.97 Å². The van der Waals surface area contributed by atoms with Crippen LogP contribution in [0.1, 0.15) is 23.6 Å². The number of nitrogens with zero attached hydrogens (tertiary/aromatic N) is 2. The summed E-state index contributed by atoms with van der Waals surface area (Å²) in [7, 11) is 0. The lowest BCUT2D eigenvalue weighted by Crippen LogP contribution is -2.23. The third-order valence-electron chi connectivity index (χ3n) is 3.32. The van der Waals surface area contributed by atoms with E-state index in [9.17, 15) is 4.79 Å². The Labute approximate surface area is 140 Å². The maximum absolute atomic E-state index is 12.4. The summed E-state index contributed by atoms with van der Waals surface area (Å²) in [6.07, 6.45) is 0. The maximum atomic E-state index is 12.4. The Morgan fingerprint density at radius 3 is 2.13 bits per heavy atom. The zero-order valence-electron chi connectivity index (χ0n) is 13.7. The van der Waals surface area contributed by atoms with Gasteiger partial charge in [0.25, 0.3) is 0 Å². The minimum absolute atomic E-state index is 0.116. The van der Waals surface area contributed by atoms with Gasteiger partial charge in [-0.25, -0.2) is 9.97 Å². The molecule has 0 fully saturated rings. The van der Waals surface area contributed by atoms with Gasteiger partial charge in [-0.3, -0.25) is 4.79 Å². The first-order valence-electron chi connectivity index (χ1n) is 7.21. The standard InChI is InChI=1S/C16H21N5OS/c1-8-5-9(2)14(10(3)6-8)21-15(22)11(4)23-16-19-12(17)7-13(18)20-16/h5-7,11H,1-4H3,(H,21,22)(H4,17,18,19,20)/t11-/m1/s1. The number of nitrogens with one attached hydrogen (secondary N) is 1. The number of anilines is 3. The summed E-state index contributed by atoms with van der Waals surface area (Å²) in [4.78, 5) is 20.6. The first-order valence-corrected chi connectivity index (χ1v) is 8.09. The van der Waals surface area contributed by atoms with E-state index in [2.05, 4.69) is 15.3 Å². The molecule has 23 heavy (non-hydrogen) atoms. The number of nitrogen functional groups attached to an aromatic ring is 2. The van der Waals surface area contributed by atoms with Crippen LogP contribution in [0.25, 0.3) is 0 Å². The van der Waals surface area contributed by atoms with Gasteiger partial charge in [-0.15, -0.1) is 0 Å². The van der Waals surface area contributed by atoms with Crippen molar-refractivity contribution in [3.8, 4) is 0 Å². The second-order valence-electron chi connectivity index (χ2n) is 5.52. The Morgan fingerprint density at radius 1 is 1.09 bits per heavy atom. The van der Waals surface area contributed by atoms with Crippen LogP contribution in [0, 0.1) is 20.8 Å². The van der Waals surface area contributed by atoms with E-state index in [-0.39, 0.29) is 22.8 Å². The average molecular weight is 331 g/mol. The third kappa shape index (κ3) is 4.35. The number of benzene rings is 1. The molecule has 0 bridgehead atoms. The van der Waals surface area contributed by atoms with Gasteiger partial charge in [-0.2, -0.15) is 0 Å². The van der Waals surface area contributed by atoms with Crippen molar-refractivity contribution < 1.29 is 4.79 Å². The molecule has 7 heteroatoms. The fourth-order valence-corrected chi connectivity index (χ4v) is 3.13. The lowest BCUT2D eigenvalue weighted by molar-refractivity contribution is -0.115. The van der Waals surface area contributed by atoms with Gasteiger partial charge in [0.15, 0.2) is 5.16 Å². The Kier molecular flexibility index (Phi) is 5.10. The molecule has 1 aromatic carbocycles. The molecule has 1 heterocycles. The van der Waals surface area contributed by atoms with Crippen LogP contribution in [0.2, 0.25) is 0 Å². The molecule has 1 aromatic heterocycles. The quantitative estimate of drug-likeness (QED) is 0.587. The highest BCUT2D eigenvalue weighted by Gasteiger charge is 2.18. The fraction of sp³-hybridized carbons (Fsp3) is 0.312. The molecule has 5 N–H and O–H groups in total. The van der Waals surface area contributed by atoms with Gasteiger partial charge >= 0.3 is 0 Å². The zero-order valence-corrected chi connectivity index (χ0v) is 14.5. The minimum Gasteiger partial charge on any atom is -0.383 e. The molecule has 122 valence electrons. The van der Waals surface area contributed by atoms with Gasteiger partial charge < -0.3 is 16.8 Å². The summed E-state index contributed by atoms with van der Waals surface area (Å²) in [5, 5.41) is 2.99. The van der Waals surface area contributed by atoms with Crippen LogP contribution < -0.4 is 16.8 Å². The van der Waals surface area contributed by atoms with Gasteiger partial charge in [-0.1, -0.05) is 29.5 Å². The van der Waals surface area contributed by atoms with Gasteiger partial charge in [0, 0.05) is 11.8 Å². The highest BCUT2D eigenvalue weighted by molar-refractivity contribution is 8.00. The summed E-state index contributed by atoms with van der Waals surface area (Å²) in [5.41, 5.74) is 15.4. The van der Waals surface area contributed by atoms with Crippen molar-refractivity contribution in [3.05, 3.63) is 34.9 Å². The molecule has 0 aliphatic heterocycles. The van der Waals surface area contributed by atoms with Crippen LogP contribution in [0.4, 0.5) is 17.3 Å². The van der Waals surface area contributed by atoms with Crippen molar-refractivity contribution in [1.29, 1.82) is 0 Å².